The summed E-state index contributed by atoms with van der Waals surface area (Å²) < 4.78 is 6.19. The van der Waals surface area contributed by atoms with Crippen LogP contribution in [0.15, 0.2) is 27.8 Å². The Hall–Kier alpha value is -2.14. The van der Waals surface area contributed by atoms with E-state index < -0.39 is 0 Å². The molecule has 1 aliphatic heterocycles. The Kier molecular flexibility index (Phi) is 4.24. The molecule has 0 bridgehead atoms. The maximum atomic E-state index is 11.7. The van der Waals surface area contributed by atoms with Crippen LogP contribution in [0.3, 0.4) is 0 Å². The standard InChI is InChI=1S/C15H10N2O3S2/c18-4-2-1-3-9-7-16-8-10-5-11(20-13(9)10)6-12-14(19)17-15(21)22-12/h5-8,18H,2,4H2,(H,17,19,21). The summed E-state index contributed by atoms with van der Waals surface area (Å²) in [6, 6.07) is 1.79. The topological polar surface area (TPSA) is 75.4 Å². The number of nitrogens with zero attached hydrogens (tertiary/aromatic N) is 1. The first-order valence-electron chi connectivity index (χ1n) is 6.39. The summed E-state index contributed by atoms with van der Waals surface area (Å²) in [6.07, 6.45) is 5.32. The van der Waals surface area contributed by atoms with Crippen molar-refractivity contribution >= 4 is 51.3 Å². The van der Waals surface area contributed by atoms with E-state index in [0.29, 0.717) is 32.6 Å². The Bertz CT molecular complexity index is 859. The maximum Gasteiger partial charge on any atom is 0.263 e. The van der Waals surface area contributed by atoms with Gasteiger partial charge in [0, 0.05) is 30.3 Å². The van der Waals surface area contributed by atoms with Crippen LogP contribution in [0.2, 0.25) is 0 Å². The zero-order chi connectivity index (χ0) is 15.5. The van der Waals surface area contributed by atoms with E-state index in [-0.39, 0.29) is 12.5 Å². The lowest BCUT2D eigenvalue weighted by atomic mass is 10.2. The van der Waals surface area contributed by atoms with Gasteiger partial charge in [-0.15, -0.1) is 0 Å². The number of hydrogen-bond acceptors (Lipinski definition) is 6. The molecule has 0 saturated carbocycles. The van der Waals surface area contributed by atoms with E-state index in [0.717, 1.165) is 5.39 Å². The molecule has 22 heavy (non-hydrogen) atoms. The highest BCUT2D eigenvalue weighted by molar-refractivity contribution is 8.26. The average Bonchev–Trinajstić information content (AvgIpc) is 3.03. The minimum absolute atomic E-state index is 0.0121. The van der Waals surface area contributed by atoms with Gasteiger partial charge in [-0.25, -0.2) is 0 Å². The molecule has 1 fully saturated rings. The predicted molar refractivity (Wildman–Crippen MR) is 88.9 cm³/mol. The molecule has 1 aliphatic rings. The second-order valence-electron chi connectivity index (χ2n) is 4.38. The third kappa shape index (κ3) is 3.04. The molecule has 2 N–H and O–H groups in total. The van der Waals surface area contributed by atoms with Gasteiger partial charge in [0.1, 0.15) is 10.1 Å². The van der Waals surface area contributed by atoms with E-state index in [1.54, 1.807) is 24.5 Å². The Morgan fingerprint density at radius 2 is 2.36 bits per heavy atom. The number of nitrogens with one attached hydrogen (secondary N) is 1. The largest absolute Gasteiger partial charge is 0.455 e. The van der Waals surface area contributed by atoms with Crippen LogP contribution in [0.4, 0.5) is 0 Å². The second kappa shape index (κ2) is 6.32. The molecule has 0 unspecified atom stereocenters. The van der Waals surface area contributed by atoms with Crippen LogP contribution in [-0.4, -0.2) is 26.9 Å². The number of rotatable bonds is 2. The molecule has 3 heterocycles. The molecule has 1 saturated heterocycles. The van der Waals surface area contributed by atoms with Crippen LogP contribution in [-0.2, 0) is 4.79 Å². The van der Waals surface area contributed by atoms with E-state index in [1.165, 1.54) is 11.8 Å². The first kappa shape index (κ1) is 14.8. The number of aliphatic hydroxyl groups is 1. The molecule has 1 amide bonds. The van der Waals surface area contributed by atoms with Gasteiger partial charge in [0.05, 0.1) is 17.1 Å². The smallest absolute Gasteiger partial charge is 0.263 e. The Labute approximate surface area is 135 Å². The molecule has 2 aromatic heterocycles. The fourth-order valence-corrected chi connectivity index (χ4v) is 2.93. The first-order valence-corrected chi connectivity index (χ1v) is 7.62. The van der Waals surface area contributed by atoms with Crippen molar-refractivity contribution in [1.29, 1.82) is 0 Å². The number of carbonyl (C=O) groups is 1. The number of hydrogen-bond donors (Lipinski definition) is 2. The van der Waals surface area contributed by atoms with Gasteiger partial charge in [-0.05, 0) is 6.07 Å². The minimum atomic E-state index is -0.225. The fraction of sp³-hybridized carbons (Fsp3) is 0.133. The monoisotopic (exact) mass is 330 g/mol. The molecule has 0 radical (unpaired) electrons. The highest BCUT2D eigenvalue weighted by Gasteiger charge is 2.22. The molecule has 0 aliphatic carbocycles. The number of furan rings is 1. The Morgan fingerprint density at radius 1 is 1.50 bits per heavy atom. The number of carbonyl (C=O) groups excluding carboxylic acids is 1. The zero-order valence-corrected chi connectivity index (χ0v) is 12.9. The van der Waals surface area contributed by atoms with E-state index in [4.69, 9.17) is 21.7 Å². The van der Waals surface area contributed by atoms with Crippen molar-refractivity contribution in [3.63, 3.8) is 0 Å². The van der Waals surface area contributed by atoms with Crippen LogP contribution in [0, 0.1) is 11.8 Å². The van der Waals surface area contributed by atoms with Gasteiger partial charge in [-0.2, -0.15) is 0 Å². The average molecular weight is 330 g/mol. The van der Waals surface area contributed by atoms with Gasteiger partial charge < -0.3 is 14.8 Å². The van der Waals surface area contributed by atoms with Crippen LogP contribution >= 0.6 is 24.0 Å². The molecule has 5 nitrogen and oxygen atoms in total. The molecular formula is C15H10N2O3S2. The maximum absolute atomic E-state index is 11.7. The summed E-state index contributed by atoms with van der Waals surface area (Å²) >= 11 is 6.14. The molecule has 3 rings (SSSR count). The minimum Gasteiger partial charge on any atom is -0.455 e. The molecule has 7 heteroatoms. The summed E-state index contributed by atoms with van der Waals surface area (Å²) in [7, 11) is 0. The summed E-state index contributed by atoms with van der Waals surface area (Å²) in [6.45, 7) is 0.0121. The molecule has 110 valence electrons. The number of fused-ring (bicyclic) bond motifs is 1. The zero-order valence-electron chi connectivity index (χ0n) is 11.3. The third-order valence-corrected chi connectivity index (χ3v) is 3.98. The van der Waals surface area contributed by atoms with E-state index >= 15 is 0 Å². The van der Waals surface area contributed by atoms with Crippen LogP contribution in [0.25, 0.3) is 17.0 Å². The molecule has 2 aromatic rings. The third-order valence-electron chi connectivity index (χ3n) is 2.82. The van der Waals surface area contributed by atoms with Crippen molar-refractivity contribution in [2.75, 3.05) is 6.61 Å². The van der Waals surface area contributed by atoms with Crippen molar-refractivity contribution in [2.24, 2.45) is 0 Å². The number of amides is 1. The summed E-state index contributed by atoms with van der Waals surface area (Å²) in [4.78, 5) is 16.3. The van der Waals surface area contributed by atoms with Gasteiger partial charge in [-0.1, -0.05) is 35.8 Å². The SMILES string of the molecule is O=C1NC(=S)SC1=Cc1cc2cncc(C#CCCO)c2o1. The van der Waals surface area contributed by atoms with Crippen molar-refractivity contribution < 1.29 is 14.3 Å². The van der Waals surface area contributed by atoms with Crippen LogP contribution < -0.4 is 5.32 Å². The number of thioether (sulfide) groups is 1. The van der Waals surface area contributed by atoms with E-state index in [1.807, 2.05) is 0 Å². The summed E-state index contributed by atoms with van der Waals surface area (Å²) in [5.74, 6) is 6.07. The molecule has 0 spiro atoms. The normalized spacial score (nSPS) is 16.0. The summed E-state index contributed by atoms with van der Waals surface area (Å²) in [5, 5.41) is 12.1. The van der Waals surface area contributed by atoms with Crippen molar-refractivity contribution in [3.8, 4) is 11.8 Å². The highest BCUT2D eigenvalue weighted by Crippen LogP contribution is 2.29. The van der Waals surface area contributed by atoms with Gasteiger partial charge >= 0.3 is 0 Å². The predicted octanol–water partition coefficient (Wildman–Crippen LogP) is 2.05. The lowest BCUT2D eigenvalue weighted by Crippen LogP contribution is -2.17. The lowest BCUT2D eigenvalue weighted by Gasteiger charge is -1.92. The van der Waals surface area contributed by atoms with E-state index in [2.05, 4.69) is 22.1 Å². The summed E-state index contributed by atoms with van der Waals surface area (Å²) in [5.41, 5.74) is 1.26. The van der Waals surface area contributed by atoms with Crippen molar-refractivity contribution in [1.82, 2.24) is 10.3 Å². The van der Waals surface area contributed by atoms with Crippen LogP contribution in [0.1, 0.15) is 17.7 Å². The van der Waals surface area contributed by atoms with Gasteiger partial charge in [0.2, 0.25) is 0 Å². The fourth-order valence-electron chi connectivity index (χ4n) is 1.91. The number of aliphatic hydroxyl groups excluding tert-OH is 1. The second-order valence-corrected chi connectivity index (χ2v) is 6.10. The van der Waals surface area contributed by atoms with E-state index in [9.17, 15) is 4.79 Å². The van der Waals surface area contributed by atoms with Crippen molar-refractivity contribution in [3.05, 3.63) is 34.7 Å². The number of aromatic nitrogens is 1. The van der Waals surface area contributed by atoms with Crippen LogP contribution in [0.5, 0.6) is 0 Å². The quantitative estimate of drug-likeness (QED) is 0.499. The Balaban J connectivity index is 1.99. The first-order chi connectivity index (χ1) is 10.7. The molecule has 0 atom stereocenters. The van der Waals surface area contributed by atoms with Gasteiger partial charge in [-0.3, -0.25) is 9.78 Å². The van der Waals surface area contributed by atoms with Gasteiger partial charge in [0.25, 0.3) is 5.91 Å². The lowest BCUT2D eigenvalue weighted by molar-refractivity contribution is -0.115. The Morgan fingerprint density at radius 3 is 3.09 bits per heavy atom. The number of thiocarbonyl (C=S) groups is 1. The molecule has 0 aromatic carbocycles. The molecular weight excluding hydrogens is 320 g/mol. The van der Waals surface area contributed by atoms with Crippen molar-refractivity contribution in [2.45, 2.75) is 6.42 Å². The van der Waals surface area contributed by atoms with Gasteiger partial charge in [0.15, 0.2) is 5.58 Å². The number of pyridine rings is 1. The highest BCUT2D eigenvalue weighted by atomic mass is 32.2.